The molecule has 1 fully saturated rings. The minimum atomic E-state index is -0.124. The average molecular weight is 310 g/mol. The van der Waals surface area contributed by atoms with Crippen LogP contribution in [0, 0.1) is 5.92 Å². The van der Waals surface area contributed by atoms with E-state index in [2.05, 4.69) is 22.8 Å². The Labute approximate surface area is 136 Å². The van der Waals surface area contributed by atoms with Crippen molar-refractivity contribution in [3.8, 4) is 5.75 Å². The molecule has 4 heteroatoms. The Morgan fingerprint density at radius 3 is 2.43 bits per heavy atom. The highest BCUT2D eigenvalue weighted by Crippen LogP contribution is 2.40. The van der Waals surface area contributed by atoms with Gasteiger partial charge in [-0.2, -0.15) is 0 Å². The maximum atomic E-state index is 12.2. The third-order valence-electron chi connectivity index (χ3n) is 4.15. The van der Waals surface area contributed by atoms with Crippen LogP contribution >= 0.6 is 0 Å². The zero-order chi connectivity index (χ0) is 16.1. The Morgan fingerprint density at radius 1 is 1.13 bits per heavy atom. The van der Waals surface area contributed by atoms with E-state index in [1.54, 1.807) is 7.11 Å². The lowest BCUT2D eigenvalue weighted by Gasteiger charge is -2.19. The smallest absolute Gasteiger partial charge is 0.315 e. The number of rotatable bonds is 6. The summed E-state index contributed by atoms with van der Waals surface area (Å²) in [5, 5.41) is 6.04. The molecule has 0 spiro atoms. The summed E-state index contributed by atoms with van der Waals surface area (Å²) in [6.45, 7) is 0.502. The Bertz CT molecular complexity index is 636. The molecule has 0 bridgehead atoms. The highest BCUT2D eigenvalue weighted by Gasteiger charge is 2.33. The highest BCUT2D eigenvalue weighted by molar-refractivity contribution is 5.74. The van der Waals surface area contributed by atoms with Crippen LogP contribution in [0.3, 0.4) is 0 Å². The summed E-state index contributed by atoms with van der Waals surface area (Å²) >= 11 is 0. The number of benzene rings is 2. The first-order valence-electron chi connectivity index (χ1n) is 7.98. The van der Waals surface area contributed by atoms with Crippen molar-refractivity contribution in [3.63, 3.8) is 0 Å². The van der Waals surface area contributed by atoms with E-state index in [4.69, 9.17) is 4.74 Å². The lowest BCUT2D eigenvalue weighted by molar-refractivity contribution is 0.235. The second-order valence-corrected chi connectivity index (χ2v) is 5.90. The number of nitrogens with one attached hydrogen (secondary N) is 2. The number of methoxy groups -OCH3 is 1. The van der Waals surface area contributed by atoms with Crippen LogP contribution in [0.15, 0.2) is 54.6 Å². The number of ether oxygens (including phenoxy) is 1. The molecule has 2 amide bonds. The van der Waals surface area contributed by atoms with Gasteiger partial charge in [-0.15, -0.1) is 0 Å². The third-order valence-corrected chi connectivity index (χ3v) is 4.15. The molecule has 0 aromatic heterocycles. The predicted octanol–water partition coefficient (Wildman–Crippen LogP) is 3.65. The van der Waals surface area contributed by atoms with Gasteiger partial charge in [-0.05, 0) is 42.0 Å². The molecule has 1 aliphatic rings. The predicted molar refractivity (Wildman–Crippen MR) is 90.3 cm³/mol. The van der Waals surface area contributed by atoms with Gasteiger partial charge >= 0.3 is 6.03 Å². The summed E-state index contributed by atoms with van der Waals surface area (Å²) in [6, 6.07) is 17.9. The molecule has 2 aromatic rings. The molecule has 2 aromatic carbocycles. The van der Waals surface area contributed by atoms with E-state index >= 15 is 0 Å². The number of carbonyl (C=O) groups excluding carboxylic acids is 1. The standard InChI is InChI=1S/C19H22N2O2/c1-23-17-11-7-14(8-12-17)13-20-19(22)21-18(16-9-10-16)15-5-3-2-4-6-15/h2-8,11-12,16,18H,9-10,13H2,1H3,(H2,20,21,22)/t18-/m0/s1. The topological polar surface area (TPSA) is 50.4 Å². The van der Waals surface area contributed by atoms with Gasteiger partial charge in [0.2, 0.25) is 0 Å². The quantitative estimate of drug-likeness (QED) is 0.855. The van der Waals surface area contributed by atoms with Crippen molar-refractivity contribution in [1.82, 2.24) is 10.6 Å². The van der Waals surface area contributed by atoms with E-state index in [0.717, 1.165) is 11.3 Å². The molecule has 1 atom stereocenters. The molecular weight excluding hydrogens is 288 g/mol. The minimum Gasteiger partial charge on any atom is -0.497 e. The summed E-state index contributed by atoms with van der Waals surface area (Å²) in [5.74, 6) is 1.38. The van der Waals surface area contributed by atoms with E-state index < -0.39 is 0 Å². The largest absolute Gasteiger partial charge is 0.497 e. The Kier molecular flexibility index (Phi) is 4.81. The van der Waals surface area contributed by atoms with E-state index in [1.165, 1.54) is 18.4 Å². The van der Waals surface area contributed by atoms with E-state index in [1.807, 2.05) is 42.5 Å². The van der Waals surface area contributed by atoms with Crippen molar-refractivity contribution in [1.29, 1.82) is 0 Å². The number of hydrogen-bond acceptors (Lipinski definition) is 2. The van der Waals surface area contributed by atoms with Crippen molar-refractivity contribution in [2.24, 2.45) is 5.92 Å². The van der Waals surface area contributed by atoms with Crippen LogP contribution in [0.25, 0.3) is 0 Å². The fraction of sp³-hybridized carbons (Fsp3) is 0.316. The van der Waals surface area contributed by atoms with E-state index in [0.29, 0.717) is 12.5 Å². The van der Waals surface area contributed by atoms with Crippen LogP contribution in [-0.2, 0) is 6.54 Å². The summed E-state index contributed by atoms with van der Waals surface area (Å²) < 4.78 is 5.13. The van der Waals surface area contributed by atoms with Gasteiger partial charge in [0.15, 0.2) is 0 Å². The van der Waals surface area contributed by atoms with Crippen LogP contribution in [0.2, 0.25) is 0 Å². The van der Waals surface area contributed by atoms with Crippen LogP contribution in [-0.4, -0.2) is 13.1 Å². The van der Waals surface area contributed by atoms with Crippen LogP contribution < -0.4 is 15.4 Å². The Morgan fingerprint density at radius 2 is 1.83 bits per heavy atom. The fourth-order valence-corrected chi connectivity index (χ4v) is 2.68. The number of urea groups is 1. The SMILES string of the molecule is COc1ccc(CNC(=O)N[C@@H](c2ccccc2)C2CC2)cc1. The molecule has 1 saturated carbocycles. The van der Waals surface area contributed by atoms with Crippen LogP contribution in [0.1, 0.15) is 30.0 Å². The second-order valence-electron chi connectivity index (χ2n) is 5.90. The van der Waals surface area contributed by atoms with Gasteiger partial charge in [-0.1, -0.05) is 42.5 Å². The molecule has 0 heterocycles. The van der Waals surface area contributed by atoms with Gasteiger partial charge in [0.25, 0.3) is 0 Å². The molecular formula is C19H22N2O2. The monoisotopic (exact) mass is 310 g/mol. The van der Waals surface area contributed by atoms with Crippen molar-refractivity contribution >= 4 is 6.03 Å². The molecule has 0 aliphatic heterocycles. The maximum absolute atomic E-state index is 12.2. The zero-order valence-electron chi connectivity index (χ0n) is 13.3. The van der Waals surface area contributed by atoms with Gasteiger partial charge in [0.05, 0.1) is 13.2 Å². The lowest BCUT2D eigenvalue weighted by Crippen LogP contribution is -2.38. The first kappa shape index (κ1) is 15.4. The fourth-order valence-electron chi connectivity index (χ4n) is 2.68. The molecule has 0 unspecified atom stereocenters. The van der Waals surface area contributed by atoms with Crippen LogP contribution in [0.5, 0.6) is 5.75 Å². The summed E-state index contributed by atoms with van der Waals surface area (Å²) in [7, 11) is 1.64. The first-order chi connectivity index (χ1) is 11.3. The molecule has 120 valence electrons. The van der Waals surface area contributed by atoms with E-state index in [9.17, 15) is 4.79 Å². The van der Waals surface area contributed by atoms with Gasteiger partial charge in [-0.3, -0.25) is 0 Å². The molecule has 1 aliphatic carbocycles. The lowest BCUT2D eigenvalue weighted by atomic mass is 10.0. The highest BCUT2D eigenvalue weighted by atomic mass is 16.5. The summed E-state index contributed by atoms with van der Waals surface area (Å²) in [6.07, 6.45) is 2.36. The third kappa shape index (κ3) is 4.25. The van der Waals surface area contributed by atoms with Crippen molar-refractivity contribution in [2.75, 3.05) is 7.11 Å². The zero-order valence-corrected chi connectivity index (χ0v) is 13.3. The molecule has 23 heavy (non-hydrogen) atoms. The minimum absolute atomic E-state index is 0.104. The van der Waals surface area contributed by atoms with Gasteiger partial charge in [0.1, 0.15) is 5.75 Å². The number of carbonyl (C=O) groups is 1. The molecule has 0 radical (unpaired) electrons. The average Bonchev–Trinajstić information content (AvgIpc) is 3.44. The first-order valence-corrected chi connectivity index (χ1v) is 7.98. The van der Waals surface area contributed by atoms with Gasteiger partial charge in [-0.25, -0.2) is 4.79 Å². The summed E-state index contributed by atoms with van der Waals surface area (Å²) in [4.78, 5) is 12.2. The van der Waals surface area contributed by atoms with E-state index in [-0.39, 0.29) is 12.1 Å². The van der Waals surface area contributed by atoms with Gasteiger partial charge in [0, 0.05) is 6.54 Å². The van der Waals surface area contributed by atoms with Gasteiger partial charge < -0.3 is 15.4 Å². The van der Waals surface area contributed by atoms with Crippen molar-refractivity contribution in [2.45, 2.75) is 25.4 Å². The molecule has 2 N–H and O–H groups in total. The van der Waals surface area contributed by atoms with Crippen LogP contribution in [0.4, 0.5) is 4.79 Å². The summed E-state index contributed by atoms with van der Waals surface area (Å²) in [5.41, 5.74) is 2.22. The van der Waals surface area contributed by atoms with Crippen molar-refractivity contribution in [3.05, 3.63) is 65.7 Å². The van der Waals surface area contributed by atoms with Crippen molar-refractivity contribution < 1.29 is 9.53 Å². The number of amides is 2. The normalized spacial score (nSPS) is 14.8. The maximum Gasteiger partial charge on any atom is 0.315 e. The molecule has 3 rings (SSSR count). The Hall–Kier alpha value is -2.49. The second kappa shape index (κ2) is 7.18. The number of hydrogen-bond donors (Lipinski definition) is 2. The molecule has 0 saturated heterocycles. The Balaban J connectivity index is 1.55. The molecule has 4 nitrogen and oxygen atoms in total.